The minimum Gasteiger partial charge on any atom is -0.382 e. The van der Waals surface area contributed by atoms with Crippen LogP contribution in [0, 0.1) is 0 Å². The quantitative estimate of drug-likeness (QED) is 0.617. The van der Waals surface area contributed by atoms with Gasteiger partial charge in [0.15, 0.2) is 0 Å². The van der Waals surface area contributed by atoms with Gasteiger partial charge in [-0.05, 0) is 77.9 Å². The first-order valence-electron chi connectivity index (χ1n) is 10.6. The summed E-state index contributed by atoms with van der Waals surface area (Å²) in [5.41, 5.74) is 4.84. The van der Waals surface area contributed by atoms with Crippen LogP contribution in [0.5, 0.6) is 0 Å². The van der Waals surface area contributed by atoms with Crippen molar-refractivity contribution < 1.29 is 4.79 Å². The number of para-hydroxylation sites is 1. The molecule has 2 aliphatic heterocycles. The lowest BCUT2D eigenvalue weighted by Gasteiger charge is -2.53. The van der Waals surface area contributed by atoms with E-state index in [1.165, 1.54) is 0 Å². The number of hydrogen-bond acceptors (Lipinski definition) is 4. The number of piperidine rings is 1. The fourth-order valence-corrected chi connectivity index (χ4v) is 4.81. The number of fused-ring (bicyclic) bond motifs is 1. The van der Waals surface area contributed by atoms with Crippen molar-refractivity contribution in [2.24, 2.45) is 0 Å². The highest BCUT2D eigenvalue weighted by atomic mass is 16.2. The molecule has 3 N–H and O–H groups in total. The number of carbonyl (C=O) groups excluding carboxylic acids is 1. The summed E-state index contributed by atoms with van der Waals surface area (Å²) in [6.07, 6.45) is 3.99. The highest BCUT2D eigenvalue weighted by Crippen LogP contribution is 2.38. The fourth-order valence-electron chi connectivity index (χ4n) is 4.81. The molecule has 0 aliphatic carbocycles. The highest BCUT2D eigenvalue weighted by molar-refractivity contribution is 6.31. The van der Waals surface area contributed by atoms with Gasteiger partial charge in [-0.2, -0.15) is 0 Å². The zero-order valence-corrected chi connectivity index (χ0v) is 18.5. The molecule has 0 spiro atoms. The maximum absolute atomic E-state index is 12.2. The maximum atomic E-state index is 12.2. The lowest BCUT2D eigenvalue weighted by molar-refractivity contribution is -0.110. The molecule has 4 rings (SSSR count). The Kier molecular flexibility index (Phi) is 5.10. The Morgan fingerprint density at radius 3 is 2.23 bits per heavy atom. The standard InChI is InChI=1S/C25H32N4O/c1-24(2)14-19(15-25(3,4)29(24)5)27-18-12-10-17(11-13-18)26-16-21-20-8-6-7-9-22(20)28-23(21)30/h6-13,16,19,26-27H,14-15H2,1-5H3,(H,28,30)/b21-16-. The largest absolute Gasteiger partial charge is 0.382 e. The third-order valence-corrected chi connectivity index (χ3v) is 6.66. The molecule has 2 heterocycles. The van der Waals surface area contributed by atoms with Crippen LogP contribution < -0.4 is 16.0 Å². The van der Waals surface area contributed by atoms with Gasteiger partial charge in [-0.25, -0.2) is 0 Å². The molecule has 0 radical (unpaired) electrons. The van der Waals surface area contributed by atoms with E-state index < -0.39 is 0 Å². The van der Waals surface area contributed by atoms with E-state index in [4.69, 9.17) is 0 Å². The normalized spacial score (nSPS) is 21.9. The van der Waals surface area contributed by atoms with Gasteiger partial charge < -0.3 is 16.0 Å². The number of nitrogens with one attached hydrogen (secondary N) is 3. The SMILES string of the molecule is CN1C(C)(C)CC(Nc2ccc(N/C=C3\C(=O)Nc4ccccc43)cc2)CC1(C)C. The van der Waals surface area contributed by atoms with Crippen LogP contribution in [-0.4, -0.2) is 35.0 Å². The molecule has 1 amide bonds. The van der Waals surface area contributed by atoms with Gasteiger partial charge in [-0.3, -0.25) is 9.69 Å². The molecule has 0 saturated carbocycles. The van der Waals surface area contributed by atoms with Gasteiger partial charge in [0.25, 0.3) is 5.91 Å². The number of anilines is 3. The maximum Gasteiger partial charge on any atom is 0.257 e. The average Bonchev–Trinajstić information content (AvgIpc) is 3.00. The minimum absolute atomic E-state index is 0.0746. The lowest BCUT2D eigenvalue weighted by atomic mass is 9.77. The van der Waals surface area contributed by atoms with E-state index in [-0.39, 0.29) is 17.0 Å². The van der Waals surface area contributed by atoms with Gasteiger partial charge in [0.1, 0.15) is 0 Å². The van der Waals surface area contributed by atoms with Crippen molar-refractivity contribution in [2.45, 2.75) is 57.7 Å². The van der Waals surface area contributed by atoms with E-state index in [0.29, 0.717) is 11.6 Å². The lowest BCUT2D eigenvalue weighted by Crippen LogP contribution is -2.61. The van der Waals surface area contributed by atoms with Crippen molar-refractivity contribution in [3.05, 3.63) is 60.3 Å². The van der Waals surface area contributed by atoms with Gasteiger partial charge in [0, 0.05) is 45.9 Å². The van der Waals surface area contributed by atoms with Crippen LogP contribution >= 0.6 is 0 Å². The topological polar surface area (TPSA) is 56.4 Å². The summed E-state index contributed by atoms with van der Waals surface area (Å²) < 4.78 is 0. The summed E-state index contributed by atoms with van der Waals surface area (Å²) in [6, 6.07) is 16.5. The Balaban J connectivity index is 1.42. The number of nitrogens with zero attached hydrogens (tertiary/aromatic N) is 1. The molecular weight excluding hydrogens is 372 g/mol. The van der Waals surface area contributed by atoms with Gasteiger partial charge in [-0.15, -0.1) is 0 Å². The molecule has 5 heteroatoms. The van der Waals surface area contributed by atoms with Crippen molar-refractivity contribution in [3.8, 4) is 0 Å². The van der Waals surface area contributed by atoms with Crippen molar-refractivity contribution in [2.75, 3.05) is 23.0 Å². The third-order valence-electron chi connectivity index (χ3n) is 6.66. The highest BCUT2D eigenvalue weighted by Gasteiger charge is 2.42. The average molecular weight is 405 g/mol. The van der Waals surface area contributed by atoms with E-state index in [2.05, 4.69) is 67.7 Å². The van der Waals surface area contributed by atoms with Crippen molar-refractivity contribution in [1.82, 2.24) is 4.90 Å². The molecule has 2 aliphatic rings. The van der Waals surface area contributed by atoms with E-state index >= 15 is 0 Å². The van der Waals surface area contributed by atoms with Crippen LogP contribution in [0.3, 0.4) is 0 Å². The molecule has 2 aromatic rings. The molecule has 0 atom stereocenters. The molecule has 0 unspecified atom stereocenters. The molecule has 0 bridgehead atoms. The number of benzene rings is 2. The molecule has 158 valence electrons. The van der Waals surface area contributed by atoms with E-state index in [0.717, 1.165) is 35.5 Å². The third kappa shape index (κ3) is 3.94. The van der Waals surface area contributed by atoms with Crippen LogP contribution in [0.2, 0.25) is 0 Å². The predicted octanol–water partition coefficient (Wildman–Crippen LogP) is 5.16. The number of likely N-dealkylation sites (tertiary alicyclic amines) is 1. The second-order valence-electron chi connectivity index (χ2n) is 9.71. The predicted molar refractivity (Wildman–Crippen MR) is 126 cm³/mol. The van der Waals surface area contributed by atoms with Crippen molar-refractivity contribution in [3.63, 3.8) is 0 Å². The minimum atomic E-state index is -0.0746. The zero-order chi connectivity index (χ0) is 21.5. The summed E-state index contributed by atoms with van der Waals surface area (Å²) in [5, 5.41) is 9.88. The van der Waals surface area contributed by atoms with Crippen molar-refractivity contribution in [1.29, 1.82) is 0 Å². The summed E-state index contributed by atoms with van der Waals surface area (Å²) >= 11 is 0. The van der Waals surface area contributed by atoms with E-state index in [1.54, 1.807) is 6.20 Å². The number of amides is 1. The Morgan fingerprint density at radius 2 is 1.57 bits per heavy atom. The van der Waals surface area contributed by atoms with Crippen LogP contribution in [0.15, 0.2) is 54.7 Å². The molecule has 2 aromatic carbocycles. The number of carbonyl (C=O) groups is 1. The molecule has 1 saturated heterocycles. The van der Waals surface area contributed by atoms with Gasteiger partial charge in [0.05, 0.1) is 5.57 Å². The van der Waals surface area contributed by atoms with Gasteiger partial charge >= 0.3 is 0 Å². The Morgan fingerprint density at radius 1 is 0.967 bits per heavy atom. The molecule has 1 fully saturated rings. The zero-order valence-electron chi connectivity index (χ0n) is 18.5. The summed E-state index contributed by atoms with van der Waals surface area (Å²) in [7, 11) is 2.23. The van der Waals surface area contributed by atoms with Gasteiger partial charge in [-0.1, -0.05) is 18.2 Å². The summed E-state index contributed by atoms with van der Waals surface area (Å²) in [5.74, 6) is -0.0746. The smallest absolute Gasteiger partial charge is 0.257 e. The fraction of sp³-hybridized carbons (Fsp3) is 0.400. The molecule has 0 aromatic heterocycles. The van der Waals surface area contributed by atoms with E-state index in [9.17, 15) is 4.79 Å². The Hall–Kier alpha value is -2.79. The first-order valence-corrected chi connectivity index (χ1v) is 10.6. The second kappa shape index (κ2) is 7.47. The number of rotatable bonds is 4. The first kappa shape index (κ1) is 20.5. The van der Waals surface area contributed by atoms with Crippen molar-refractivity contribution >= 4 is 28.5 Å². The first-order chi connectivity index (χ1) is 14.2. The number of hydrogen-bond donors (Lipinski definition) is 3. The van der Waals surface area contributed by atoms with E-state index in [1.807, 2.05) is 36.4 Å². The molecule has 30 heavy (non-hydrogen) atoms. The second-order valence-corrected chi connectivity index (χ2v) is 9.71. The summed E-state index contributed by atoms with van der Waals surface area (Å²) in [4.78, 5) is 14.7. The van der Waals surface area contributed by atoms with Gasteiger partial charge in [0.2, 0.25) is 0 Å². The summed E-state index contributed by atoms with van der Waals surface area (Å²) in [6.45, 7) is 9.28. The Bertz CT molecular complexity index is 957. The van der Waals surface area contributed by atoms with Crippen LogP contribution in [-0.2, 0) is 4.79 Å². The molecule has 5 nitrogen and oxygen atoms in total. The van der Waals surface area contributed by atoms with Crippen LogP contribution in [0.1, 0.15) is 46.1 Å². The van der Waals surface area contributed by atoms with Crippen LogP contribution in [0.4, 0.5) is 17.1 Å². The Labute approximate surface area is 179 Å². The monoisotopic (exact) mass is 404 g/mol. The molecular formula is C25H32N4O. The van der Waals surface area contributed by atoms with Crippen LogP contribution in [0.25, 0.3) is 5.57 Å².